The van der Waals surface area contributed by atoms with Crippen LogP contribution in [0.2, 0.25) is 0 Å². The van der Waals surface area contributed by atoms with E-state index in [9.17, 15) is 19.5 Å². The summed E-state index contributed by atoms with van der Waals surface area (Å²) in [6.45, 7) is 4.28. The molecule has 0 aromatic carbocycles. The van der Waals surface area contributed by atoms with Gasteiger partial charge in [0.05, 0.1) is 0 Å². The molecule has 0 spiro atoms. The molecular weight excluding hydrogens is 469 g/mol. The number of carbonyl (C=O) groups is 3. The number of ketones is 1. The number of nitrogens with two attached hydrogens (primary N) is 1. The number of unbranched alkanes of at least 4 members (excludes halogenated alkanes) is 15. The minimum absolute atomic E-state index is 0. The summed E-state index contributed by atoms with van der Waals surface area (Å²) in [5.74, 6) is -2.01. The average Bonchev–Trinajstić information content (AvgIpc) is 2.82. The summed E-state index contributed by atoms with van der Waals surface area (Å²) in [6.07, 6.45) is 20.6. The maximum Gasteiger partial charge on any atom is 1.00 e. The first-order valence-electron chi connectivity index (χ1n) is 14.1. The molecule has 0 heterocycles. The van der Waals surface area contributed by atoms with Crippen LogP contribution in [0.15, 0.2) is 0 Å². The van der Waals surface area contributed by atoms with Crippen LogP contribution in [-0.4, -0.2) is 29.9 Å². The molecule has 7 heteroatoms. The van der Waals surface area contributed by atoms with Crippen molar-refractivity contribution in [2.45, 2.75) is 161 Å². The molecule has 0 aromatic heterocycles. The van der Waals surface area contributed by atoms with Gasteiger partial charge in [-0.3, -0.25) is 9.59 Å². The quantitative estimate of drug-likeness (QED) is 0.112. The zero-order valence-corrected chi connectivity index (χ0v) is 26.2. The van der Waals surface area contributed by atoms with Gasteiger partial charge in [0.2, 0.25) is 0 Å². The van der Waals surface area contributed by atoms with Crippen LogP contribution in [0.4, 0.5) is 0 Å². The molecule has 35 heavy (non-hydrogen) atoms. The topological polar surface area (TPSA) is 110 Å². The van der Waals surface area contributed by atoms with Crippen molar-refractivity contribution in [1.82, 2.24) is 0 Å². The smallest absolute Gasteiger partial charge is 0.550 e. The Bertz CT molecular complexity index is 529. The van der Waals surface area contributed by atoms with Crippen LogP contribution < -0.4 is 62.2 Å². The van der Waals surface area contributed by atoms with E-state index < -0.39 is 24.1 Å². The van der Waals surface area contributed by atoms with Crippen LogP contribution >= 0.6 is 0 Å². The molecule has 0 aromatic rings. The summed E-state index contributed by atoms with van der Waals surface area (Å²) in [5, 5.41) is 10.5. The molecule has 200 valence electrons. The predicted octanol–water partition coefficient (Wildman–Crippen LogP) is 2.78. The Morgan fingerprint density at radius 3 is 1.51 bits per heavy atom. The number of ether oxygens (including phenoxy) is 1. The largest absolute Gasteiger partial charge is 1.00 e. The van der Waals surface area contributed by atoms with E-state index in [1.165, 1.54) is 77.0 Å². The van der Waals surface area contributed by atoms with Gasteiger partial charge in [-0.05, 0) is 32.1 Å². The number of hydrogen-bond donors (Lipinski definition) is 1. The number of rotatable bonds is 25. The van der Waals surface area contributed by atoms with Gasteiger partial charge in [0.1, 0.15) is 6.04 Å². The van der Waals surface area contributed by atoms with E-state index in [1.807, 2.05) is 6.92 Å². The Morgan fingerprint density at radius 1 is 0.657 bits per heavy atom. The van der Waals surface area contributed by atoms with Crippen molar-refractivity contribution in [2.24, 2.45) is 5.73 Å². The van der Waals surface area contributed by atoms with Gasteiger partial charge >= 0.3 is 57.4 Å². The average molecular weight is 522 g/mol. The molecule has 6 nitrogen and oxygen atoms in total. The molecule has 0 saturated carbocycles. The predicted molar refractivity (Wildman–Crippen MR) is 136 cm³/mol. The van der Waals surface area contributed by atoms with Crippen LogP contribution in [0.25, 0.3) is 0 Å². The summed E-state index contributed by atoms with van der Waals surface area (Å²) < 4.78 is 5.36. The van der Waals surface area contributed by atoms with E-state index >= 15 is 0 Å². The van der Waals surface area contributed by atoms with Crippen molar-refractivity contribution in [3.63, 3.8) is 0 Å². The summed E-state index contributed by atoms with van der Waals surface area (Å²) in [4.78, 5) is 35.3. The molecule has 0 radical (unpaired) electrons. The van der Waals surface area contributed by atoms with Gasteiger partial charge < -0.3 is 20.4 Å². The van der Waals surface area contributed by atoms with Crippen molar-refractivity contribution < 1.29 is 75.6 Å². The minimum atomic E-state index is -1.25. The fraction of sp³-hybridized carbons (Fsp3) is 0.893. The Hall–Kier alpha value is 0.206. The second kappa shape index (κ2) is 27.2. The molecule has 0 rings (SSSR count). The van der Waals surface area contributed by atoms with Crippen LogP contribution in [0.1, 0.15) is 149 Å². The van der Waals surface area contributed by atoms with E-state index in [2.05, 4.69) is 6.92 Å². The number of aliphatic carboxylic acids is 1. The summed E-state index contributed by atoms with van der Waals surface area (Å²) in [7, 11) is 0. The molecule has 2 N–H and O–H groups in total. The third-order valence-electron chi connectivity index (χ3n) is 6.43. The van der Waals surface area contributed by atoms with Crippen LogP contribution in [0.5, 0.6) is 0 Å². The maximum atomic E-state index is 12.6. The molecule has 0 aliphatic carbocycles. The monoisotopic (exact) mass is 521 g/mol. The van der Waals surface area contributed by atoms with Crippen LogP contribution in [0, 0.1) is 0 Å². The van der Waals surface area contributed by atoms with Crippen molar-refractivity contribution in [1.29, 1.82) is 0 Å². The standard InChI is InChI=1S/C28H53NO5.K/c1-3-5-7-8-9-10-11-12-13-14-15-16-17-18-19-20-25(30)26(21-6-4-2)34-28(33)24(29)22-23-27(31)32;/h24,26H,3-23,29H2,1-2H3,(H,31,32);/q;+1/p-1. The molecule has 0 fully saturated rings. The molecule has 0 aliphatic rings. The zero-order valence-electron chi connectivity index (χ0n) is 23.1. The van der Waals surface area contributed by atoms with Gasteiger partial charge in [0.15, 0.2) is 11.9 Å². The second-order valence-electron chi connectivity index (χ2n) is 9.75. The summed E-state index contributed by atoms with van der Waals surface area (Å²) in [6, 6.07) is -1.04. The van der Waals surface area contributed by atoms with E-state index in [4.69, 9.17) is 10.5 Å². The van der Waals surface area contributed by atoms with Gasteiger partial charge in [0, 0.05) is 12.4 Å². The number of hydrogen-bond acceptors (Lipinski definition) is 6. The number of Topliss-reactive ketones (excluding diaryl/α,β-unsaturated/α-hetero) is 1. The molecular formula is C28H52KNO5. The second-order valence-corrected chi connectivity index (χ2v) is 9.75. The fourth-order valence-corrected chi connectivity index (χ4v) is 4.13. The maximum absolute atomic E-state index is 12.6. The first-order chi connectivity index (χ1) is 16.4. The van der Waals surface area contributed by atoms with E-state index in [-0.39, 0.29) is 70.0 Å². The van der Waals surface area contributed by atoms with E-state index in [1.54, 1.807) is 0 Å². The van der Waals surface area contributed by atoms with Gasteiger partial charge in [-0.1, -0.05) is 110 Å². The van der Waals surface area contributed by atoms with Crippen LogP contribution in [0.3, 0.4) is 0 Å². The Morgan fingerprint density at radius 2 is 1.09 bits per heavy atom. The van der Waals surface area contributed by atoms with Crippen molar-refractivity contribution in [3.05, 3.63) is 0 Å². The molecule has 0 aliphatic heterocycles. The van der Waals surface area contributed by atoms with E-state index in [0.717, 1.165) is 32.1 Å². The Labute approximate surface area is 257 Å². The SMILES string of the molecule is CCCCCCCCCCCCCCCCCC(=O)C(CCCC)OC(=O)C(N)CCC(=O)[O-].[K+]. The molecule has 2 unspecified atom stereocenters. The van der Waals surface area contributed by atoms with Gasteiger partial charge in [0.25, 0.3) is 0 Å². The van der Waals surface area contributed by atoms with Crippen molar-refractivity contribution in [2.75, 3.05) is 0 Å². The van der Waals surface area contributed by atoms with E-state index in [0.29, 0.717) is 12.8 Å². The minimum Gasteiger partial charge on any atom is -0.550 e. The van der Waals surface area contributed by atoms with Crippen LogP contribution in [-0.2, 0) is 19.1 Å². The first kappa shape index (κ1) is 37.4. The van der Waals surface area contributed by atoms with Crippen molar-refractivity contribution >= 4 is 17.7 Å². The van der Waals surface area contributed by atoms with Crippen molar-refractivity contribution in [3.8, 4) is 0 Å². The normalized spacial score (nSPS) is 12.5. The molecule has 2 atom stereocenters. The fourth-order valence-electron chi connectivity index (χ4n) is 4.13. The van der Waals surface area contributed by atoms with Gasteiger partial charge in [-0.25, -0.2) is 0 Å². The molecule has 0 saturated heterocycles. The molecule has 0 amide bonds. The third kappa shape index (κ3) is 24.3. The number of carbonyl (C=O) groups excluding carboxylic acids is 3. The Balaban J connectivity index is 0. The Kier molecular flexibility index (Phi) is 29.1. The number of esters is 1. The number of carboxylic acids is 1. The summed E-state index contributed by atoms with van der Waals surface area (Å²) >= 11 is 0. The molecule has 0 bridgehead atoms. The van der Waals surface area contributed by atoms with Gasteiger partial charge in [-0.2, -0.15) is 0 Å². The first-order valence-corrected chi connectivity index (χ1v) is 14.1. The zero-order chi connectivity index (χ0) is 25.4. The summed E-state index contributed by atoms with van der Waals surface area (Å²) in [5.41, 5.74) is 5.70. The van der Waals surface area contributed by atoms with Gasteiger partial charge in [-0.15, -0.1) is 0 Å². The third-order valence-corrected chi connectivity index (χ3v) is 6.43. The number of carboxylic acid groups (broad SMARTS) is 1.